The fraction of sp³-hybridized carbons (Fsp3) is 0.231. The van der Waals surface area contributed by atoms with Gasteiger partial charge in [0.05, 0.1) is 16.3 Å². The van der Waals surface area contributed by atoms with Crippen LogP contribution in [0, 0.1) is 6.92 Å². The molecule has 0 bridgehead atoms. The second-order valence-corrected chi connectivity index (χ2v) is 9.79. The van der Waals surface area contributed by atoms with Gasteiger partial charge in [0.15, 0.2) is 0 Å². The number of carbonyl (C=O) groups is 2. The maximum absolute atomic E-state index is 13.1. The van der Waals surface area contributed by atoms with Crippen LogP contribution in [0.3, 0.4) is 0 Å². The van der Waals surface area contributed by atoms with Crippen LogP contribution < -0.4 is 0 Å². The quantitative estimate of drug-likeness (QED) is 0.235. The number of hydrogen-bond donors (Lipinski definition) is 1. The molecule has 3 aromatic rings. The number of amides is 1. The largest absolute Gasteiger partial charge is 0.481 e. The fourth-order valence-corrected chi connectivity index (χ4v) is 5.00. The molecular weight excluding hydrogens is 466 g/mol. The van der Waals surface area contributed by atoms with Crippen molar-refractivity contribution >= 4 is 46.3 Å². The van der Waals surface area contributed by atoms with Gasteiger partial charge in [-0.3, -0.25) is 14.5 Å². The van der Waals surface area contributed by atoms with Crippen molar-refractivity contribution in [2.24, 2.45) is 0 Å². The summed E-state index contributed by atoms with van der Waals surface area (Å²) in [4.78, 5) is 25.9. The predicted molar refractivity (Wildman–Crippen MR) is 140 cm³/mol. The standard InChI is InChI=1S/C26H25N3O3S2/c1-18-11-13-19(14-12-18)24-20(17-29(27-24)21-8-4-2-5-9-21)16-22-25(32)28(26(33)34-22)15-7-3-6-10-23(30)31/h2,4-5,8-9,11-14,16-17H,3,6-7,10,15H2,1H3,(H,30,31)/b22-16-. The van der Waals surface area contributed by atoms with Gasteiger partial charge in [-0.05, 0) is 38.0 Å². The summed E-state index contributed by atoms with van der Waals surface area (Å²) in [5, 5.41) is 13.6. The molecule has 1 aliphatic heterocycles. The lowest BCUT2D eigenvalue weighted by Gasteiger charge is -2.13. The van der Waals surface area contributed by atoms with Crippen LogP contribution in [0.2, 0.25) is 0 Å². The number of para-hydroxylation sites is 1. The van der Waals surface area contributed by atoms with E-state index < -0.39 is 5.97 Å². The van der Waals surface area contributed by atoms with Crippen LogP contribution >= 0.6 is 24.0 Å². The third-order valence-electron chi connectivity index (χ3n) is 5.52. The summed E-state index contributed by atoms with van der Waals surface area (Å²) in [5.74, 6) is -0.912. The van der Waals surface area contributed by atoms with E-state index in [1.807, 2.05) is 78.5 Å². The Labute approximate surface area is 208 Å². The van der Waals surface area contributed by atoms with Gasteiger partial charge in [-0.25, -0.2) is 4.68 Å². The highest BCUT2D eigenvalue weighted by Crippen LogP contribution is 2.35. The number of carbonyl (C=O) groups excluding carboxylic acids is 1. The molecule has 1 N–H and O–H groups in total. The molecule has 2 heterocycles. The second kappa shape index (κ2) is 10.8. The molecule has 0 spiro atoms. The molecule has 6 nitrogen and oxygen atoms in total. The Kier molecular flexibility index (Phi) is 7.59. The first-order valence-electron chi connectivity index (χ1n) is 11.1. The molecule has 34 heavy (non-hydrogen) atoms. The number of benzene rings is 2. The van der Waals surface area contributed by atoms with Crippen LogP contribution in [0.25, 0.3) is 23.0 Å². The number of carboxylic acid groups (broad SMARTS) is 1. The van der Waals surface area contributed by atoms with E-state index in [2.05, 4.69) is 0 Å². The number of nitrogens with zero attached hydrogens (tertiary/aromatic N) is 3. The molecular formula is C26H25N3O3S2. The highest BCUT2D eigenvalue weighted by molar-refractivity contribution is 8.26. The van der Waals surface area contributed by atoms with E-state index in [1.165, 1.54) is 11.8 Å². The number of aromatic nitrogens is 2. The zero-order valence-electron chi connectivity index (χ0n) is 18.8. The summed E-state index contributed by atoms with van der Waals surface area (Å²) in [7, 11) is 0. The number of unbranched alkanes of at least 4 members (excludes halogenated alkanes) is 2. The average Bonchev–Trinajstić information content (AvgIpc) is 3.36. The number of aryl methyl sites for hydroxylation is 1. The van der Waals surface area contributed by atoms with Gasteiger partial charge < -0.3 is 5.11 Å². The van der Waals surface area contributed by atoms with Gasteiger partial charge in [-0.15, -0.1) is 0 Å². The Morgan fingerprint density at radius 1 is 1.09 bits per heavy atom. The summed E-state index contributed by atoms with van der Waals surface area (Å²) in [5.41, 5.74) is 4.71. The van der Waals surface area contributed by atoms with Gasteiger partial charge in [-0.2, -0.15) is 5.10 Å². The lowest BCUT2D eigenvalue weighted by atomic mass is 10.1. The van der Waals surface area contributed by atoms with E-state index in [9.17, 15) is 9.59 Å². The first-order chi connectivity index (χ1) is 16.4. The smallest absolute Gasteiger partial charge is 0.303 e. The van der Waals surface area contributed by atoms with Crippen LogP contribution in [0.4, 0.5) is 0 Å². The minimum atomic E-state index is -0.797. The first kappa shape index (κ1) is 23.9. The van der Waals surface area contributed by atoms with Crippen molar-refractivity contribution in [2.75, 3.05) is 6.54 Å². The second-order valence-electron chi connectivity index (χ2n) is 8.12. The highest BCUT2D eigenvalue weighted by atomic mass is 32.2. The van der Waals surface area contributed by atoms with Crippen molar-refractivity contribution in [2.45, 2.75) is 32.6 Å². The molecule has 1 aromatic heterocycles. The maximum Gasteiger partial charge on any atom is 0.303 e. The van der Waals surface area contributed by atoms with E-state index in [-0.39, 0.29) is 12.3 Å². The van der Waals surface area contributed by atoms with Gasteiger partial charge in [-0.1, -0.05) is 78.4 Å². The maximum atomic E-state index is 13.1. The van der Waals surface area contributed by atoms with Crippen LogP contribution in [0.1, 0.15) is 36.8 Å². The lowest BCUT2D eigenvalue weighted by molar-refractivity contribution is -0.137. The van der Waals surface area contributed by atoms with Crippen molar-refractivity contribution in [3.63, 3.8) is 0 Å². The summed E-state index contributed by atoms with van der Waals surface area (Å²) in [6.07, 6.45) is 6.00. The van der Waals surface area contributed by atoms with Crippen molar-refractivity contribution in [1.82, 2.24) is 14.7 Å². The lowest BCUT2D eigenvalue weighted by Crippen LogP contribution is -2.29. The molecule has 174 valence electrons. The minimum Gasteiger partial charge on any atom is -0.481 e. The number of thiocarbonyl (C=S) groups is 1. The molecule has 0 atom stereocenters. The third-order valence-corrected chi connectivity index (χ3v) is 6.90. The molecule has 1 aliphatic rings. The molecule has 1 amide bonds. The molecule has 0 aliphatic carbocycles. The molecule has 1 saturated heterocycles. The summed E-state index contributed by atoms with van der Waals surface area (Å²) in [6.45, 7) is 2.54. The van der Waals surface area contributed by atoms with Crippen LogP contribution in [0.5, 0.6) is 0 Å². The molecule has 8 heteroatoms. The number of aliphatic carboxylic acids is 1. The number of carboxylic acids is 1. The number of hydrogen-bond acceptors (Lipinski definition) is 5. The summed E-state index contributed by atoms with van der Waals surface area (Å²) >= 11 is 6.76. The Morgan fingerprint density at radius 2 is 1.82 bits per heavy atom. The zero-order valence-corrected chi connectivity index (χ0v) is 20.4. The van der Waals surface area contributed by atoms with Crippen molar-refractivity contribution in [1.29, 1.82) is 0 Å². The van der Waals surface area contributed by atoms with E-state index in [1.54, 1.807) is 4.90 Å². The molecule has 0 saturated carbocycles. The molecule has 1 fully saturated rings. The van der Waals surface area contributed by atoms with Crippen molar-refractivity contribution in [3.05, 3.63) is 76.8 Å². The van der Waals surface area contributed by atoms with E-state index in [4.69, 9.17) is 22.4 Å². The van der Waals surface area contributed by atoms with Crippen molar-refractivity contribution < 1.29 is 14.7 Å². The van der Waals surface area contributed by atoms with Crippen LogP contribution in [0.15, 0.2) is 65.7 Å². The third kappa shape index (κ3) is 5.63. The Balaban J connectivity index is 1.59. The van der Waals surface area contributed by atoms with Gasteiger partial charge in [0.2, 0.25) is 0 Å². The monoisotopic (exact) mass is 491 g/mol. The number of thioether (sulfide) groups is 1. The highest BCUT2D eigenvalue weighted by Gasteiger charge is 2.32. The van der Waals surface area contributed by atoms with Gasteiger partial charge in [0.1, 0.15) is 4.32 Å². The zero-order chi connectivity index (χ0) is 24.1. The Hall–Kier alpha value is -3.23. The van der Waals surface area contributed by atoms with E-state index >= 15 is 0 Å². The predicted octanol–water partition coefficient (Wildman–Crippen LogP) is 5.69. The van der Waals surface area contributed by atoms with Gasteiger partial charge in [0, 0.05) is 30.3 Å². The minimum absolute atomic E-state index is 0.115. The van der Waals surface area contributed by atoms with Crippen molar-refractivity contribution in [3.8, 4) is 16.9 Å². The normalized spacial score (nSPS) is 14.9. The van der Waals surface area contributed by atoms with Crippen LogP contribution in [-0.4, -0.2) is 42.5 Å². The van der Waals surface area contributed by atoms with E-state index in [0.29, 0.717) is 28.6 Å². The van der Waals surface area contributed by atoms with Gasteiger partial charge in [0.25, 0.3) is 5.91 Å². The average molecular weight is 492 g/mol. The molecule has 4 rings (SSSR count). The summed E-state index contributed by atoms with van der Waals surface area (Å²) < 4.78 is 2.35. The SMILES string of the molecule is Cc1ccc(-c2nn(-c3ccccc3)cc2/C=C2\SC(=S)N(CCCCCC(=O)O)C2=O)cc1. The summed E-state index contributed by atoms with van der Waals surface area (Å²) in [6, 6.07) is 18.0. The Bertz CT molecular complexity index is 1230. The molecule has 2 aromatic carbocycles. The first-order valence-corrected chi connectivity index (χ1v) is 12.3. The van der Waals surface area contributed by atoms with Crippen LogP contribution in [-0.2, 0) is 9.59 Å². The molecule has 0 unspecified atom stereocenters. The van der Waals surface area contributed by atoms with E-state index in [0.717, 1.165) is 34.5 Å². The number of rotatable bonds is 9. The topological polar surface area (TPSA) is 75.4 Å². The fourth-order valence-electron chi connectivity index (χ4n) is 3.70. The molecule has 0 radical (unpaired) electrons. The Morgan fingerprint density at radius 3 is 2.53 bits per heavy atom. The van der Waals surface area contributed by atoms with Gasteiger partial charge >= 0.3 is 5.97 Å².